The van der Waals surface area contributed by atoms with Crippen LogP contribution in [0.2, 0.25) is 0 Å². The van der Waals surface area contributed by atoms with Crippen LogP contribution in [-0.4, -0.2) is 30.0 Å². The molecule has 3 nitrogen and oxygen atoms in total. The molecule has 0 aromatic heterocycles. The minimum Gasteiger partial charge on any atom is -0.467 e. The molecule has 3 aliphatic rings. The first-order valence-electron chi connectivity index (χ1n) is 12.4. The molecule has 2 aromatic rings. The fraction of sp³-hybridized carbons (Fsp3) is 0.281. The Labute approximate surface area is 208 Å². The first kappa shape index (κ1) is 23.3. The number of rotatable bonds is 4. The first-order valence-corrected chi connectivity index (χ1v) is 12.4. The molecule has 178 valence electrons. The summed E-state index contributed by atoms with van der Waals surface area (Å²) in [5, 5.41) is 0. The Bertz CT molecular complexity index is 1320. The monoisotopic (exact) mass is 463 g/mol. The Morgan fingerprint density at radius 1 is 1.03 bits per heavy atom. The first-order chi connectivity index (χ1) is 16.9. The topological polar surface area (TPSA) is 29.5 Å². The van der Waals surface area contributed by atoms with Crippen molar-refractivity contribution < 1.29 is 9.53 Å². The van der Waals surface area contributed by atoms with Crippen LogP contribution in [0.5, 0.6) is 5.75 Å². The summed E-state index contributed by atoms with van der Waals surface area (Å²) in [6.07, 6.45) is 18.3. The van der Waals surface area contributed by atoms with Crippen molar-refractivity contribution in [3.05, 3.63) is 106 Å². The number of allylic oxidation sites excluding steroid dienone is 5. The molecule has 5 rings (SSSR count). The van der Waals surface area contributed by atoms with Gasteiger partial charge in [-0.1, -0.05) is 86.7 Å². The van der Waals surface area contributed by atoms with Crippen LogP contribution in [0, 0.1) is 5.41 Å². The Hall–Kier alpha value is -3.43. The van der Waals surface area contributed by atoms with Crippen LogP contribution >= 0.6 is 0 Å². The molecule has 1 atom stereocenters. The summed E-state index contributed by atoms with van der Waals surface area (Å²) in [5.74, 6) is 1.05. The molecule has 0 bridgehead atoms. The third-order valence-electron chi connectivity index (χ3n) is 7.74. The molecule has 1 saturated heterocycles. The van der Waals surface area contributed by atoms with Crippen molar-refractivity contribution in [1.29, 1.82) is 0 Å². The number of fused-ring (bicyclic) bond motifs is 2. The average Bonchev–Trinajstić information content (AvgIpc) is 3.03. The molecule has 1 aliphatic carbocycles. The van der Waals surface area contributed by atoms with Crippen molar-refractivity contribution in [2.75, 3.05) is 13.6 Å². The van der Waals surface area contributed by atoms with Crippen molar-refractivity contribution in [3.8, 4) is 5.75 Å². The van der Waals surface area contributed by atoms with Crippen LogP contribution in [0.1, 0.15) is 60.7 Å². The molecule has 2 heterocycles. The van der Waals surface area contributed by atoms with Crippen LogP contribution in [0.4, 0.5) is 0 Å². The minimum absolute atomic E-state index is 0.147. The van der Waals surface area contributed by atoms with Crippen LogP contribution in [0.15, 0.2) is 84.0 Å². The van der Waals surface area contributed by atoms with Crippen molar-refractivity contribution in [1.82, 2.24) is 4.90 Å². The summed E-state index contributed by atoms with van der Waals surface area (Å²) >= 11 is 0. The Morgan fingerprint density at radius 2 is 1.80 bits per heavy atom. The van der Waals surface area contributed by atoms with E-state index in [0.29, 0.717) is 6.42 Å². The number of likely N-dealkylation sites (N-methyl/N-ethyl adjacent to an activating group) is 1. The second-order valence-corrected chi connectivity index (χ2v) is 10.1. The van der Waals surface area contributed by atoms with Gasteiger partial charge in [-0.25, -0.2) is 0 Å². The van der Waals surface area contributed by atoms with Gasteiger partial charge in [0.2, 0.25) is 0 Å². The van der Waals surface area contributed by atoms with E-state index in [0.717, 1.165) is 46.5 Å². The highest BCUT2D eigenvalue weighted by molar-refractivity contribution is 6.02. The van der Waals surface area contributed by atoms with Gasteiger partial charge in [0.25, 0.3) is 0 Å². The van der Waals surface area contributed by atoms with Crippen LogP contribution in [0.3, 0.4) is 0 Å². The average molecular weight is 464 g/mol. The molecule has 2 aliphatic heterocycles. The number of ether oxygens (including phenoxy) is 1. The summed E-state index contributed by atoms with van der Waals surface area (Å²) < 4.78 is 6.68. The van der Waals surface area contributed by atoms with Crippen molar-refractivity contribution in [3.63, 3.8) is 0 Å². The smallest absolute Gasteiger partial charge is 0.191 e. The van der Waals surface area contributed by atoms with Gasteiger partial charge in [0.15, 0.2) is 11.5 Å². The molecular formula is C32H33NO2. The molecule has 35 heavy (non-hydrogen) atoms. The normalized spacial score (nSPS) is 23.8. The maximum atomic E-state index is 13.5. The minimum atomic E-state index is -0.566. The predicted octanol–water partition coefficient (Wildman–Crippen LogP) is 7.34. The number of hydrogen-bond donors (Lipinski definition) is 0. The van der Waals surface area contributed by atoms with Crippen molar-refractivity contribution >= 4 is 24.0 Å². The number of ketones is 1. The largest absolute Gasteiger partial charge is 0.467 e. The third kappa shape index (κ3) is 3.94. The van der Waals surface area contributed by atoms with E-state index in [1.165, 1.54) is 5.57 Å². The molecule has 1 spiro atoms. The van der Waals surface area contributed by atoms with E-state index in [9.17, 15) is 4.79 Å². The fourth-order valence-corrected chi connectivity index (χ4v) is 5.52. The fourth-order valence-electron chi connectivity index (χ4n) is 5.52. The molecule has 1 unspecified atom stereocenters. The summed E-state index contributed by atoms with van der Waals surface area (Å²) in [7, 11) is 2.11. The summed E-state index contributed by atoms with van der Waals surface area (Å²) in [5.41, 5.74) is 5.47. The van der Waals surface area contributed by atoms with Gasteiger partial charge in [-0.05, 0) is 60.9 Å². The van der Waals surface area contributed by atoms with Gasteiger partial charge in [-0.3, -0.25) is 9.69 Å². The van der Waals surface area contributed by atoms with E-state index in [4.69, 9.17) is 4.74 Å². The lowest BCUT2D eigenvalue weighted by Gasteiger charge is -2.45. The Kier molecular flexibility index (Phi) is 5.98. The zero-order valence-corrected chi connectivity index (χ0v) is 21.0. The van der Waals surface area contributed by atoms with Gasteiger partial charge < -0.3 is 4.74 Å². The lowest BCUT2D eigenvalue weighted by atomic mass is 9.76. The Balaban J connectivity index is 1.43. The SMILES string of the molecule is C/C=C(\C=C1/CN(C)C2(C=Cc3ccccc3O2)C1(C)C)CC(=O)c1cccc2c1C=CCC=C2. The van der Waals surface area contributed by atoms with Crippen LogP contribution < -0.4 is 4.74 Å². The number of nitrogens with zero attached hydrogens (tertiary/aromatic N) is 1. The van der Waals surface area contributed by atoms with Crippen LogP contribution in [-0.2, 0) is 0 Å². The number of hydrogen-bond acceptors (Lipinski definition) is 3. The maximum absolute atomic E-state index is 13.5. The highest BCUT2D eigenvalue weighted by Crippen LogP contribution is 2.52. The van der Waals surface area contributed by atoms with E-state index in [2.05, 4.69) is 86.5 Å². The highest BCUT2D eigenvalue weighted by atomic mass is 16.5. The molecule has 0 saturated carbocycles. The molecule has 1 fully saturated rings. The molecule has 2 aromatic carbocycles. The van der Waals surface area contributed by atoms with Gasteiger partial charge in [0.1, 0.15) is 5.75 Å². The summed E-state index contributed by atoms with van der Waals surface area (Å²) in [6, 6.07) is 14.2. The lowest BCUT2D eigenvalue weighted by molar-refractivity contribution is -0.0622. The van der Waals surface area contributed by atoms with E-state index in [1.807, 2.05) is 37.3 Å². The zero-order chi connectivity index (χ0) is 24.6. The van der Waals surface area contributed by atoms with Gasteiger partial charge in [0.05, 0.1) is 0 Å². The van der Waals surface area contributed by atoms with E-state index < -0.39 is 5.72 Å². The second-order valence-electron chi connectivity index (χ2n) is 10.1. The summed E-state index contributed by atoms with van der Waals surface area (Å²) in [4.78, 5) is 15.7. The molecule has 3 heteroatoms. The zero-order valence-electron chi connectivity index (χ0n) is 21.0. The maximum Gasteiger partial charge on any atom is 0.191 e. The van der Waals surface area contributed by atoms with Gasteiger partial charge in [-0.15, -0.1) is 0 Å². The predicted molar refractivity (Wildman–Crippen MR) is 145 cm³/mol. The quantitative estimate of drug-likeness (QED) is 0.444. The standard InChI is InChI=1S/C32H33NO2/c1-5-23(21-29(34)28-16-11-14-24-12-7-6-8-15-27(24)28)20-26-22-33(4)32(31(26,2)3)19-18-25-13-9-10-17-30(25)35-32/h5,7-20H,6,21-22H2,1-4H3/b23-5+,26-20+. The number of carbonyl (C=O) groups excluding carboxylic acids is 1. The molecule has 0 amide bonds. The van der Waals surface area contributed by atoms with Crippen molar-refractivity contribution in [2.45, 2.75) is 39.3 Å². The number of likely N-dealkylation sites (tertiary alicyclic amines) is 1. The second kappa shape index (κ2) is 8.98. The molecule has 0 radical (unpaired) electrons. The van der Waals surface area contributed by atoms with Gasteiger partial charge in [-0.2, -0.15) is 0 Å². The van der Waals surface area contributed by atoms with Crippen molar-refractivity contribution in [2.24, 2.45) is 5.41 Å². The van der Waals surface area contributed by atoms with Gasteiger partial charge >= 0.3 is 0 Å². The van der Waals surface area contributed by atoms with Gasteiger partial charge in [0, 0.05) is 29.5 Å². The molecular weight excluding hydrogens is 430 g/mol. The lowest BCUT2D eigenvalue weighted by Crippen LogP contribution is -2.54. The number of carbonyl (C=O) groups is 1. The number of Topliss-reactive ketones (excluding diaryl/α,β-unsaturated/α-hetero) is 1. The molecule has 0 N–H and O–H groups in total. The van der Waals surface area contributed by atoms with E-state index in [-0.39, 0.29) is 11.2 Å². The van der Waals surface area contributed by atoms with E-state index in [1.54, 1.807) is 0 Å². The number of benzene rings is 2. The van der Waals surface area contributed by atoms with E-state index >= 15 is 0 Å². The van der Waals surface area contributed by atoms with Crippen LogP contribution in [0.25, 0.3) is 18.2 Å². The third-order valence-corrected chi connectivity index (χ3v) is 7.74. The number of para-hydroxylation sites is 1. The summed E-state index contributed by atoms with van der Waals surface area (Å²) in [6.45, 7) is 7.27. The highest BCUT2D eigenvalue weighted by Gasteiger charge is 2.57. The Morgan fingerprint density at radius 3 is 2.63 bits per heavy atom.